The van der Waals surface area contributed by atoms with Crippen LogP contribution in [0, 0.1) is 0 Å². The Morgan fingerprint density at radius 3 is 2.61 bits per heavy atom. The number of hydrogen-bond acceptors (Lipinski definition) is 4. The fraction of sp³-hybridized carbons (Fsp3) is 0.500. The van der Waals surface area contributed by atoms with E-state index in [0.717, 1.165) is 31.7 Å². The van der Waals surface area contributed by atoms with E-state index in [-0.39, 0.29) is 11.7 Å². The van der Waals surface area contributed by atoms with E-state index in [1.807, 2.05) is 0 Å². The number of nitrogens with one attached hydrogen (secondary N) is 1. The van der Waals surface area contributed by atoms with Crippen molar-refractivity contribution in [1.29, 1.82) is 0 Å². The summed E-state index contributed by atoms with van der Waals surface area (Å²) in [7, 11) is 1.78. The van der Waals surface area contributed by atoms with Crippen molar-refractivity contribution >= 4 is 17.7 Å². The standard InChI is InChI=1S/C16H19F3N4/c1-23-9-8-20-22-15(23)11-6-7-14(13(10-11)16(17,18)19)21-12-4-2-3-5-12/h6-8,10,12,21H,2-5,9H2,1H3. The molecule has 0 bridgehead atoms. The molecule has 0 radical (unpaired) electrons. The molecule has 0 saturated heterocycles. The molecule has 0 atom stereocenters. The Morgan fingerprint density at radius 2 is 1.96 bits per heavy atom. The van der Waals surface area contributed by atoms with Crippen LogP contribution in [-0.4, -0.2) is 36.6 Å². The van der Waals surface area contributed by atoms with E-state index in [1.54, 1.807) is 24.2 Å². The van der Waals surface area contributed by atoms with Gasteiger partial charge in [-0.25, -0.2) is 0 Å². The number of halogens is 3. The lowest BCUT2D eigenvalue weighted by Gasteiger charge is -2.23. The first kappa shape index (κ1) is 15.8. The van der Waals surface area contributed by atoms with Crippen LogP contribution in [0.3, 0.4) is 0 Å². The summed E-state index contributed by atoms with van der Waals surface area (Å²) in [5, 5.41) is 10.8. The molecule has 1 aromatic rings. The molecule has 0 aromatic heterocycles. The Labute approximate surface area is 133 Å². The largest absolute Gasteiger partial charge is 0.418 e. The van der Waals surface area contributed by atoms with Crippen LogP contribution in [0.1, 0.15) is 36.8 Å². The molecule has 1 aliphatic heterocycles. The van der Waals surface area contributed by atoms with Crippen molar-refractivity contribution in [3.8, 4) is 0 Å². The van der Waals surface area contributed by atoms with Gasteiger partial charge in [0.1, 0.15) is 0 Å². The molecule has 0 amide bonds. The van der Waals surface area contributed by atoms with Crippen molar-refractivity contribution in [2.75, 3.05) is 18.9 Å². The minimum absolute atomic E-state index is 0.126. The van der Waals surface area contributed by atoms with Gasteiger partial charge in [0.25, 0.3) is 0 Å². The Bertz CT molecular complexity index is 631. The van der Waals surface area contributed by atoms with E-state index in [0.29, 0.717) is 17.9 Å². The van der Waals surface area contributed by atoms with Gasteiger partial charge in [0, 0.05) is 30.6 Å². The first-order chi connectivity index (χ1) is 10.9. The van der Waals surface area contributed by atoms with Gasteiger partial charge in [0.05, 0.1) is 12.1 Å². The fourth-order valence-corrected chi connectivity index (χ4v) is 3.03. The van der Waals surface area contributed by atoms with Crippen molar-refractivity contribution in [1.82, 2.24) is 4.90 Å². The molecule has 1 N–H and O–H groups in total. The molecule has 1 aliphatic carbocycles. The number of nitrogens with zero attached hydrogens (tertiary/aromatic N) is 3. The highest BCUT2D eigenvalue weighted by Crippen LogP contribution is 2.37. The van der Waals surface area contributed by atoms with Crippen molar-refractivity contribution in [3.05, 3.63) is 29.3 Å². The summed E-state index contributed by atoms with van der Waals surface area (Å²) in [6, 6.07) is 4.46. The molecule has 23 heavy (non-hydrogen) atoms. The number of rotatable bonds is 3. The molecule has 3 rings (SSSR count). The van der Waals surface area contributed by atoms with Crippen LogP contribution in [0.2, 0.25) is 0 Å². The third kappa shape index (κ3) is 3.48. The maximum Gasteiger partial charge on any atom is 0.418 e. The Balaban J connectivity index is 1.95. The molecule has 1 fully saturated rings. The fourth-order valence-electron chi connectivity index (χ4n) is 3.03. The van der Waals surface area contributed by atoms with Gasteiger partial charge >= 0.3 is 6.18 Å². The van der Waals surface area contributed by atoms with Crippen molar-refractivity contribution in [2.45, 2.75) is 37.9 Å². The molecule has 0 unspecified atom stereocenters. The average molecular weight is 324 g/mol. The molecule has 1 heterocycles. The zero-order chi connectivity index (χ0) is 16.4. The van der Waals surface area contributed by atoms with Crippen LogP contribution in [0.5, 0.6) is 0 Å². The summed E-state index contributed by atoms with van der Waals surface area (Å²) in [4.78, 5) is 1.77. The zero-order valence-corrected chi connectivity index (χ0v) is 12.9. The molecule has 124 valence electrons. The monoisotopic (exact) mass is 324 g/mol. The summed E-state index contributed by atoms with van der Waals surface area (Å²) >= 11 is 0. The maximum absolute atomic E-state index is 13.4. The predicted octanol–water partition coefficient (Wildman–Crippen LogP) is 3.74. The summed E-state index contributed by atoms with van der Waals surface area (Å²) < 4.78 is 40.3. The van der Waals surface area contributed by atoms with E-state index in [2.05, 4.69) is 15.5 Å². The molecular weight excluding hydrogens is 305 g/mol. The molecule has 2 aliphatic rings. The lowest BCUT2D eigenvalue weighted by Crippen LogP contribution is -2.31. The van der Waals surface area contributed by atoms with Crippen LogP contribution in [0.25, 0.3) is 0 Å². The number of anilines is 1. The van der Waals surface area contributed by atoms with Crippen LogP contribution >= 0.6 is 0 Å². The SMILES string of the molecule is CN1CC=NN=C1c1ccc(NC2CCCC2)c(C(F)(F)F)c1. The smallest absolute Gasteiger partial charge is 0.382 e. The quantitative estimate of drug-likeness (QED) is 0.920. The first-order valence-corrected chi connectivity index (χ1v) is 7.74. The van der Waals surface area contributed by atoms with Gasteiger partial charge in [-0.15, -0.1) is 5.10 Å². The van der Waals surface area contributed by atoms with E-state index in [1.165, 1.54) is 6.07 Å². The second kappa shape index (κ2) is 6.22. The van der Waals surface area contributed by atoms with E-state index in [4.69, 9.17) is 0 Å². The Hall–Kier alpha value is -2.05. The van der Waals surface area contributed by atoms with Crippen LogP contribution < -0.4 is 5.32 Å². The van der Waals surface area contributed by atoms with Gasteiger partial charge < -0.3 is 10.2 Å². The number of benzene rings is 1. The van der Waals surface area contributed by atoms with Crippen molar-refractivity contribution in [3.63, 3.8) is 0 Å². The second-order valence-corrected chi connectivity index (χ2v) is 5.99. The molecule has 1 aromatic carbocycles. The van der Waals surface area contributed by atoms with Crippen molar-refractivity contribution < 1.29 is 13.2 Å². The van der Waals surface area contributed by atoms with Crippen LogP contribution in [0.15, 0.2) is 28.4 Å². The molecular formula is C16H19F3N4. The maximum atomic E-state index is 13.4. The molecule has 4 nitrogen and oxygen atoms in total. The van der Waals surface area contributed by atoms with Gasteiger partial charge in [-0.2, -0.15) is 18.3 Å². The first-order valence-electron chi connectivity index (χ1n) is 7.74. The third-order valence-corrected chi connectivity index (χ3v) is 4.25. The van der Waals surface area contributed by atoms with Gasteiger partial charge in [-0.3, -0.25) is 0 Å². The van der Waals surface area contributed by atoms with Crippen molar-refractivity contribution in [2.24, 2.45) is 10.2 Å². The molecule has 7 heteroatoms. The van der Waals surface area contributed by atoms with Gasteiger partial charge in [0.2, 0.25) is 0 Å². The van der Waals surface area contributed by atoms with E-state index in [9.17, 15) is 13.2 Å². The molecule has 1 saturated carbocycles. The summed E-state index contributed by atoms with van der Waals surface area (Å²) in [6.07, 6.45) is 1.18. The summed E-state index contributed by atoms with van der Waals surface area (Å²) in [5.41, 5.74) is -0.0723. The normalized spacial score (nSPS) is 19.1. The highest BCUT2D eigenvalue weighted by molar-refractivity contribution is 6.01. The van der Waals surface area contributed by atoms with Crippen LogP contribution in [0.4, 0.5) is 18.9 Å². The van der Waals surface area contributed by atoms with Crippen LogP contribution in [-0.2, 0) is 6.18 Å². The summed E-state index contributed by atoms with van der Waals surface area (Å²) in [5.74, 6) is 0.449. The Morgan fingerprint density at radius 1 is 1.22 bits per heavy atom. The minimum atomic E-state index is -4.41. The third-order valence-electron chi connectivity index (χ3n) is 4.25. The topological polar surface area (TPSA) is 40.0 Å². The van der Waals surface area contributed by atoms with Gasteiger partial charge in [-0.05, 0) is 31.0 Å². The molecule has 0 spiro atoms. The predicted molar refractivity (Wildman–Crippen MR) is 85.0 cm³/mol. The average Bonchev–Trinajstić information content (AvgIpc) is 3.00. The zero-order valence-electron chi connectivity index (χ0n) is 12.9. The second-order valence-electron chi connectivity index (χ2n) is 5.99. The number of amidine groups is 1. The van der Waals surface area contributed by atoms with E-state index >= 15 is 0 Å². The lowest BCUT2D eigenvalue weighted by molar-refractivity contribution is -0.137. The summed E-state index contributed by atoms with van der Waals surface area (Å²) in [6.45, 7) is 0.530. The van der Waals surface area contributed by atoms with Gasteiger partial charge in [-0.1, -0.05) is 12.8 Å². The number of hydrogen-bond donors (Lipinski definition) is 1. The van der Waals surface area contributed by atoms with E-state index < -0.39 is 11.7 Å². The lowest BCUT2D eigenvalue weighted by atomic mass is 10.1. The number of alkyl halides is 3. The van der Waals surface area contributed by atoms with Gasteiger partial charge in [0.15, 0.2) is 5.84 Å². The Kier molecular flexibility index (Phi) is 4.28. The highest BCUT2D eigenvalue weighted by Gasteiger charge is 2.35. The highest BCUT2D eigenvalue weighted by atomic mass is 19.4. The minimum Gasteiger partial charge on any atom is -0.382 e.